The van der Waals surface area contributed by atoms with Crippen LogP contribution in [0.25, 0.3) is 0 Å². The number of ether oxygens (including phenoxy) is 1. The second-order valence-electron chi connectivity index (χ2n) is 2.13. The van der Waals surface area contributed by atoms with Crippen LogP contribution < -0.4 is 5.32 Å². The van der Waals surface area contributed by atoms with Crippen LogP contribution in [0.4, 0.5) is 0 Å². The molecule has 10 heavy (non-hydrogen) atoms. The van der Waals surface area contributed by atoms with Crippen LogP contribution in [0, 0.1) is 0 Å². The van der Waals surface area contributed by atoms with Crippen LogP contribution >= 0.6 is 15.9 Å². The highest BCUT2D eigenvalue weighted by molar-refractivity contribution is 9.09. The first-order chi connectivity index (χ1) is 4.70. The second-order valence-corrected chi connectivity index (χ2v) is 3.15. The van der Waals surface area contributed by atoms with E-state index in [1.54, 1.807) is 7.11 Å². The van der Waals surface area contributed by atoms with Crippen LogP contribution in [0.5, 0.6) is 0 Å². The first kappa shape index (κ1) is 10.1. The quantitative estimate of drug-likeness (QED) is 0.546. The maximum atomic E-state index is 5.00. The topological polar surface area (TPSA) is 21.3 Å². The Balaban J connectivity index is 3.37. The van der Waals surface area contributed by atoms with Crippen LogP contribution in [-0.2, 0) is 4.74 Å². The number of halogens is 1. The van der Waals surface area contributed by atoms with Crippen molar-refractivity contribution in [2.75, 3.05) is 20.7 Å². The summed E-state index contributed by atoms with van der Waals surface area (Å²) < 4.78 is 5.00. The number of rotatable bonds is 5. The van der Waals surface area contributed by atoms with E-state index in [4.69, 9.17) is 4.74 Å². The molecule has 0 radical (unpaired) electrons. The largest absolute Gasteiger partial charge is 0.370 e. The van der Waals surface area contributed by atoms with Gasteiger partial charge in [0, 0.05) is 20.1 Å². The summed E-state index contributed by atoms with van der Waals surface area (Å²) >= 11 is 3.34. The predicted octanol–water partition coefficient (Wildman–Crippen LogP) is 1.52. The lowest BCUT2D eigenvalue weighted by Gasteiger charge is -2.08. The summed E-state index contributed by atoms with van der Waals surface area (Å²) in [7, 11) is 3.58. The minimum Gasteiger partial charge on any atom is -0.370 e. The summed E-state index contributed by atoms with van der Waals surface area (Å²) in [6.45, 7) is 4.71. The molecule has 0 aromatic carbocycles. The van der Waals surface area contributed by atoms with Gasteiger partial charge in [0.1, 0.15) is 5.01 Å². The van der Waals surface area contributed by atoms with Crippen molar-refractivity contribution in [3.8, 4) is 0 Å². The molecule has 0 amide bonds. The minimum absolute atomic E-state index is 0.105. The molecule has 0 aromatic heterocycles. The first-order valence-electron chi connectivity index (χ1n) is 3.18. The number of hydrogen-bond acceptors (Lipinski definition) is 2. The van der Waals surface area contributed by atoms with E-state index < -0.39 is 0 Å². The Hall–Kier alpha value is 0.140. The molecule has 3 heteroatoms. The monoisotopic (exact) mass is 207 g/mol. The summed E-state index contributed by atoms with van der Waals surface area (Å²) in [4.78, 5) is 0. The summed E-state index contributed by atoms with van der Waals surface area (Å²) in [6.07, 6.45) is 0.858. The van der Waals surface area contributed by atoms with Crippen molar-refractivity contribution < 1.29 is 4.74 Å². The maximum absolute atomic E-state index is 5.00. The Morgan fingerprint density at radius 1 is 1.80 bits per heavy atom. The van der Waals surface area contributed by atoms with Crippen molar-refractivity contribution in [3.63, 3.8) is 0 Å². The number of hydrogen-bond donors (Lipinski definition) is 1. The Bertz CT molecular complexity index is 106. The van der Waals surface area contributed by atoms with E-state index in [-0.39, 0.29) is 5.01 Å². The van der Waals surface area contributed by atoms with Gasteiger partial charge in [0.15, 0.2) is 0 Å². The van der Waals surface area contributed by atoms with E-state index in [1.165, 1.54) is 0 Å². The zero-order valence-corrected chi connectivity index (χ0v) is 8.07. The summed E-state index contributed by atoms with van der Waals surface area (Å²) in [6, 6.07) is 0. The van der Waals surface area contributed by atoms with Crippen LogP contribution in [0.3, 0.4) is 0 Å². The molecule has 60 valence electrons. The number of nitrogens with one attached hydrogen (secondary N) is 1. The molecule has 0 aromatic rings. The normalized spacial score (nSPS) is 13.1. The molecule has 0 aliphatic rings. The lowest BCUT2D eigenvalue weighted by molar-refractivity contribution is 0.178. The molecular formula is C7H14BrNO. The molecule has 0 saturated carbocycles. The van der Waals surface area contributed by atoms with Gasteiger partial charge in [0.2, 0.25) is 0 Å². The Labute approximate surface area is 70.8 Å². The molecule has 0 heterocycles. The Morgan fingerprint density at radius 2 is 2.40 bits per heavy atom. The standard InChI is InChI=1S/C7H14BrNO/c1-6(5-9-2)4-7(8)10-3/h7,9H,1,4-5H2,2-3H3. The average molecular weight is 208 g/mol. The third kappa shape index (κ3) is 4.97. The molecule has 0 aliphatic heterocycles. The maximum Gasteiger partial charge on any atom is 0.115 e. The predicted molar refractivity (Wildman–Crippen MR) is 47.4 cm³/mol. The fourth-order valence-corrected chi connectivity index (χ4v) is 1.09. The average Bonchev–Trinajstić information content (AvgIpc) is 1.88. The fourth-order valence-electron chi connectivity index (χ4n) is 0.632. The number of alkyl halides is 1. The van der Waals surface area contributed by atoms with Gasteiger partial charge in [-0.3, -0.25) is 0 Å². The van der Waals surface area contributed by atoms with Gasteiger partial charge in [-0.15, -0.1) is 0 Å². The highest BCUT2D eigenvalue weighted by Gasteiger charge is 2.02. The SMILES string of the molecule is C=C(CNC)CC(Br)OC. The van der Waals surface area contributed by atoms with Gasteiger partial charge in [0.05, 0.1) is 0 Å². The van der Waals surface area contributed by atoms with Crippen molar-refractivity contribution in [1.82, 2.24) is 5.32 Å². The molecule has 0 rings (SSSR count). The van der Waals surface area contributed by atoms with Crippen LogP contribution in [-0.4, -0.2) is 25.7 Å². The Kier molecular flexibility index (Phi) is 5.97. The van der Waals surface area contributed by atoms with Crippen molar-refractivity contribution in [3.05, 3.63) is 12.2 Å². The van der Waals surface area contributed by atoms with E-state index in [1.807, 2.05) is 7.05 Å². The van der Waals surface area contributed by atoms with Gasteiger partial charge in [-0.25, -0.2) is 0 Å². The van der Waals surface area contributed by atoms with Crippen LogP contribution in [0.2, 0.25) is 0 Å². The molecule has 1 N–H and O–H groups in total. The molecule has 0 aliphatic carbocycles. The molecule has 2 nitrogen and oxygen atoms in total. The van der Waals surface area contributed by atoms with Gasteiger partial charge >= 0.3 is 0 Å². The van der Waals surface area contributed by atoms with E-state index in [9.17, 15) is 0 Å². The van der Waals surface area contributed by atoms with E-state index in [0.29, 0.717) is 0 Å². The van der Waals surface area contributed by atoms with Gasteiger partial charge < -0.3 is 10.1 Å². The van der Waals surface area contributed by atoms with Crippen LogP contribution in [0.15, 0.2) is 12.2 Å². The minimum atomic E-state index is 0.105. The zero-order valence-electron chi connectivity index (χ0n) is 6.48. The molecule has 0 fully saturated rings. The third-order valence-electron chi connectivity index (χ3n) is 1.13. The van der Waals surface area contributed by atoms with Gasteiger partial charge in [-0.2, -0.15) is 0 Å². The first-order valence-corrected chi connectivity index (χ1v) is 4.10. The molecule has 0 bridgehead atoms. The molecule has 1 atom stereocenters. The second kappa shape index (κ2) is 5.89. The molecule has 0 spiro atoms. The fraction of sp³-hybridized carbons (Fsp3) is 0.714. The number of likely N-dealkylation sites (N-methyl/N-ethyl adjacent to an activating group) is 1. The van der Waals surface area contributed by atoms with E-state index >= 15 is 0 Å². The zero-order chi connectivity index (χ0) is 7.98. The highest BCUT2D eigenvalue weighted by atomic mass is 79.9. The Morgan fingerprint density at radius 3 is 2.80 bits per heavy atom. The highest BCUT2D eigenvalue weighted by Crippen LogP contribution is 2.10. The summed E-state index contributed by atoms with van der Waals surface area (Å²) in [5, 5.41) is 3.13. The smallest absolute Gasteiger partial charge is 0.115 e. The van der Waals surface area contributed by atoms with Crippen molar-refractivity contribution in [2.45, 2.75) is 11.4 Å². The third-order valence-corrected chi connectivity index (χ3v) is 1.83. The molecule has 1 unspecified atom stereocenters. The van der Waals surface area contributed by atoms with Crippen molar-refractivity contribution in [2.24, 2.45) is 0 Å². The van der Waals surface area contributed by atoms with Gasteiger partial charge in [0.25, 0.3) is 0 Å². The van der Waals surface area contributed by atoms with Gasteiger partial charge in [-0.1, -0.05) is 28.1 Å². The van der Waals surface area contributed by atoms with Crippen LogP contribution in [0.1, 0.15) is 6.42 Å². The van der Waals surface area contributed by atoms with E-state index in [0.717, 1.165) is 18.5 Å². The van der Waals surface area contributed by atoms with E-state index in [2.05, 4.69) is 27.8 Å². The van der Waals surface area contributed by atoms with Crippen molar-refractivity contribution >= 4 is 15.9 Å². The molecule has 0 saturated heterocycles. The van der Waals surface area contributed by atoms with Crippen molar-refractivity contribution in [1.29, 1.82) is 0 Å². The lowest BCUT2D eigenvalue weighted by atomic mass is 10.2. The summed E-state index contributed by atoms with van der Waals surface area (Å²) in [5.41, 5.74) is 1.14. The number of methoxy groups -OCH3 is 1. The molecular weight excluding hydrogens is 194 g/mol. The van der Waals surface area contributed by atoms with Gasteiger partial charge in [-0.05, 0) is 7.05 Å². The summed E-state index contributed by atoms with van der Waals surface area (Å²) in [5.74, 6) is 0. The lowest BCUT2D eigenvalue weighted by Crippen LogP contribution is -2.13.